The van der Waals surface area contributed by atoms with Crippen LogP contribution in [0.5, 0.6) is 0 Å². The zero-order valence-corrected chi connectivity index (χ0v) is 8.24. The summed E-state index contributed by atoms with van der Waals surface area (Å²) in [6.07, 6.45) is 0.813. The standard InChI is InChI=1S/C6H13NO2.2ClH/c1-3-4(2)5(7)6(8)9;;/h4-5H,3,7H2,1-2H3,(H,8,9);2*1H. The lowest BCUT2D eigenvalue weighted by Crippen LogP contribution is -2.36. The summed E-state index contributed by atoms with van der Waals surface area (Å²) in [5.41, 5.74) is 5.27. The highest BCUT2D eigenvalue weighted by atomic mass is 35.5. The second kappa shape index (κ2) is 8.11. The van der Waals surface area contributed by atoms with E-state index in [1.807, 2.05) is 13.8 Å². The molecule has 0 saturated heterocycles. The van der Waals surface area contributed by atoms with Crippen molar-refractivity contribution in [2.45, 2.75) is 26.3 Å². The molecule has 0 amide bonds. The van der Waals surface area contributed by atoms with E-state index >= 15 is 0 Å². The van der Waals surface area contributed by atoms with E-state index in [9.17, 15) is 4.79 Å². The molecule has 0 fully saturated rings. The molecule has 0 rings (SSSR count). The first kappa shape index (κ1) is 17.2. The van der Waals surface area contributed by atoms with E-state index in [0.717, 1.165) is 6.42 Å². The van der Waals surface area contributed by atoms with Gasteiger partial charge in [-0.15, -0.1) is 24.8 Å². The number of nitrogens with two attached hydrogens (primary N) is 1. The van der Waals surface area contributed by atoms with Crippen LogP contribution in [0.25, 0.3) is 0 Å². The van der Waals surface area contributed by atoms with Crippen LogP contribution in [0.1, 0.15) is 20.3 Å². The summed E-state index contributed by atoms with van der Waals surface area (Å²) in [6.45, 7) is 3.76. The fraction of sp³-hybridized carbons (Fsp3) is 0.833. The van der Waals surface area contributed by atoms with Crippen molar-refractivity contribution in [3.05, 3.63) is 0 Å². The van der Waals surface area contributed by atoms with Crippen LogP contribution in [0.4, 0.5) is 0 Å². The van der Waals surface area contributed by atoms with E-state index in [1.54, 1.807) is 0 Å². The lowest BCUT2D eigenvalue weighted by molar-refractivity contribution is -0.139. The van der Waals surface area contributed by atoms with E-state index in [0.29, 0.717) is 0 Å². The molecule has 2 atom stereocenters. The van der Waals surface area contributed by atoms with Gasteiger partial charge in [-0.25, -0.2) is 0 Å². The van der Waals surface area contributed by atoms with Crippen LogP contribution in [0.15, 0.2) is 0 Å². The molecule has 0 radical (unpaired) electrons. The van der Waals surface area contributed by atoms with Gasteiger partial charge in [0.15, 0.2) is 0 Å². The first-order valence-corrected chi connectivity index (χ1v) is 3.08. The predicted molar refractivity (Wildman–Crippen MR) is 49.6 cm³/mol. The maximum atomic E-state index is 10.2. The van der Waals surface area contributed by atoms with E-state index < -0.39 is 12.0 Å². The Hall–Kier alpha value is 0.01000. The van der Waals surface area contributed by atoms with Gasteiger partial charge in [0.25, 0.3) is 0 Å². The third-order valence-electron chi connectivity index (χ3n) is 1.54. The van der Waals surface area contributed by atoms with Gasteiger partial charge >= 0.3 is 5.97 Å². The molecule has 11 heavy (non-hydrogen) atoms. The van der Waals surface area contributed by atoms with Gasteiger partial charge in [-0.2, -0.15) is 0 Å². The minimum atomic E-state index is -0.913. The molecule has 3 nitrogen and oxygen atoms in total. The summed E-state index contributed by atoms with van der Waals surface area (Å²) < 4.78 is 0. The Labute approximate surface area is 79.2 Å². The summed E-state index contributed by atoms with van der Waals surface area (Å²) in [5.74, 6) is -0.841. The second-order valence-corrected chi connectivity index (χ2v) is 2.25. The first-order chi connectivity index (χ1) is 4.09. The summed E-state index contributed by atoms with van der Waals surface area (Å²) in [7, 11) is 0. The Morgan fingerprint density at radius 1 is 1.55 bits per heavy atom. The van der Waals surface area contributed by atoms with Crippen LogP contribution < -0.4 is 5.73 Å². The number of halogens is 2. The lowest BCUT2D eigenvalue weighted by Gasteiger charge is -2.11. The number of hydrogen-bond acceptors (Lipinski definition) is 2. The van der Waals surface area contributed by atoms with Crippen LogP contribution >= 0.6 is 24.8 Å². The van der Waals surface area contributed by atoms with E-state index in [2.05, 4.69) is 0 Å². The minimum absolute atomic E-state index is 0. The van der Waals surface area contributed by atoms with Crippen molar-refractivity contribution < 1.29 is 9.90 Å². The number of carboxylic acids is 1. The van der Waals surface area contributed by atoms with Crippen molar-refractivity contribution >= 4 is 30.8 Å². The Balaban J connectivity index is -0.000000320. The largest absolute Gasteiger partial charge is 0.480 e. The molecule has 70 valence electrons. The number of carboxylic acid groups (broad SMARTS) is 1. The topological polar surface area (TPSA) is 63.3 Å². The molecule has 0 aromatic heterocycles. The van der Waals surface area contributed by atoms with Crippen molar-refractivity contribution in [2.75, 3.05) is 0 Å². The maximum Gasteiger partial charge on any atom is 0.320 e. The number of hydrogen-bond donors (Lipinski definition) is 2. The van der Waals surface area contributed by atoms with Crippen LogP contribution in [0, 0.1) is 5.92 Å². The van der Waals surface area contributed by atoms with E-state index in [1.165, 1.54) is 0 Å². The average Bonchev–Trinajstić information content (AvgIpc) is 1.84. The Morgan fingerprint density at radius 3 is 2.00 bits per heavy atom. The molecule has 5 heteroatoms. The van der Waals surface area contributed by atoms with Crippen LogP contribution in [0.3, 0.4) is 0 Å². The van der Waals surface area contributed by atoms with Crippen molar-refractivity contribution in [3.63, 3.8) is 0 Å². The fourth-order valence-electron chi connectivity index (χ4n) is 0.497. The zero-order chi connectivity index (χ0) is 7.44. The van der Waals surface area contributed by atoms with Gasteiger partial charge in [0.05, 0.1) is 0 Å². The number of aliphatic carboxylic acids is 1. The summed E-state index contributed by atoms with van der Waals surface area (Å²) >= 11 is 0. The molecular formula is C6H15Cl2NO2. The molecule has 0 aliphatic heterocycles. The summed E-state index contributed by atoms with van der Waals surface area (Å²) in [5, 5.41) is 8.36. The maximum absolute atomic E-state index is 10.2. The molecule has 0 saturated carbocycles. The van der Waals surface area contributed by atoms with Crippen LogP contribution in [-0.2, 0) is 4.79 Å². The second-order valence-electron chi connectivity index (χ2n) is 2.25. The summed E-state index contributed by atoms with van der Waals surface area (Å²) in [6, 6.07) is -0.699. The van der Waals surface area contributed by atoms with Gasteiger partial charge in [-0.1, -0.05) is 20.3 Å². The Bertz CT molecular complexity index is 111. The SMILES string of the molecule is CCC(C)C(N)C(=O)O.Cl.Cl. The third-order valence-corrected chi connectivity index (χ3v) is 1.54. The number of rotatable bonds is 3. The normalized spacial score (nSPS) is 13.7. The smallest absolute Gasteiger partial charge is 0.320 e. The fourth-order valence-corrected chi connectivity index (χ4v) is 0.497. The van der Waals surface area contributed by atoms with Gasteiger partial charge in [0, 0.05) is 0 Å². The molecule has 0 bridgehead atoms. The van der Waals surface area contributed by atoms with Gasteiger partial charge in [0.1, 0.15) is 6.04 Å². The average molecular weight is 204 g/mol. The van der Waals surface area contributed by atoms with Gasteiger partial charge < -0.3 is 10.8 Å². The molecule has 0 spiro atoms. The van der Waals surface area contributed by atoms with E-state index in [-0.39, 0.29) is 30.7 Å². The number of carbonyl (C=O) groups is 1. The molecule has 0 aromatic carbocycles. The van der Waals surface area contributed by atoms with Crippen LogP contribution in [0.2, 0.25) is 0 Å². The first-order valence-electron chi connectivity index (χ1n) is 3.08. The Morgan fingerprint density at radius 2 is 1.91 bits per heavy atom. The lowest BCUT2D eigenvalue weighted by atomic mass is 10.0. The van der Waals surface area contributed by atoms with Gasteiger partial charge in [0.2, 0.25) is 0 Å². The molecule has 3 N–H and O–H groups in total. The minimum Gasteiger partial charge on any atom is -0.480 e. The molecule has 0 aromatic rings. The van der Waals surface area contributed by atoms with Crippen molar-refractivity contribution in [1.82, 2.24) is 0 Å². The molecule has 2 unspecified atom stereocenters. The van der Waals surface area contributed by atoms with Crippen LogP contribution in [-0.4, -0.2) is 17.1 Å². The predicted octanol–water partition coefficient (Wildman–Crippen LogP) is 1.29. The molecule has 0 heterocycles. The molecule has 0 aliphatic carbocycles. The third kappa shape index (κ3) is 6.41. The summed E-state index contributed by atoms with van der Waals surface area (Å²) in [4.78, 5) is 10.2. The molecule has 0 aliphatic rings. The zero-order valence-electron chi connectivity index (χ0n) is 6.61. The highest BCUT2D eigenvalue weighted by molar-refractivity contribution is 5.85. The van der Waals surface area contributed by atoms with Crippen molar-refractivity contribution in [3.8, 4) is 0 Å². The van der Waals surface area contributed by atoms with Gasteiger partial charge in [-0.3, -0.25) is 4.79 Å². The monoisotopic (exact) mass is 203 g/mol. The quantitative estimate of drug-likeness (QED) is 0.727. The van der Waals surface area contributed by atoms with E-state index in [4.69, 9.17) is 10.8 Å². The van der Waals surface area contributed by atoms with Crippen molar-refractivity contribution in [1.29, 1.82) is 0 Å². The Kier molecular flexibility index (Phi) is 12.7. The van der Waals surface area contributed by atoms with Crippen molar-refractivity contribution in [2.24, 2.45) is 11.7 Å². The highest BCUT2D eigenvalue weighted by Gasteiger charge is 2.17. The highest BCUT2D eigenvalue weighted by Crippen LogP contribution is 2.04. The van der Waals surface area contributed by atoms with Gasteiger partial charge in [-0.05, 0) is 5.92 Å². The molecular weight excluding hydrogens is 189 g/mol.